The predicted molar refractivity (Wildman–Crippen MR) is 89.5 cm³/mol. The van der Waals surface area contributed by atoms with Crippen molar-refractivity contribution in [1.82, 2.24) is 0 Å². The number of nitro benzene ring substituents is 1. The van der Waals surface area contributed by atoms with Crippen LogP contribution in [0.1, 0.15) is 11.1 Å². The van der Waals surface area contributed by atoms with Crippen LogP contribution in [0.3, 0.4) is 0 Å². The molecule has 0 N–H and O–H groups in total. The fraction of sp³-hybridized carbons (Fsp3) is 0.118. The molecule has 0 aliphatic carbocycles. The summed E-state index contributed by atoms with van der Waals surface area (Å²) in [7, 11) is 0. The summed E-state index contributed by atoms with van der Waals surface area (Å²) in [5.41, 5.74) is 1.30. The molecule has 128 valence electrons. The highest BCUT2D eigenvalue weighted by atomic mass is 35.5. The molecule has 25 heavy (non-hydrogen) atoms. The number of nitro groups is 1. The van der Waals surface area contributed by atoms with Gasteiger partial charge < -0.3 is 14.2 Å². The SMILES string of the molecule is O=C(/C=C/c1cc(Cl)c2c(c1)OCO2)OCc1ccc([N+](=O)[O-])cc1. The Morgan fingerprint density at radius 2 is 2.04 bits per heavy atom. The molecule has 8 heteroatoms. The van der Waals surface area contributed by atoms with Crippen LogP contribution in [0.4, 0.5) is 5.69 Å². The lowest BCUT2D eigenvalue weighted by atomic mass is 10.2. The van der Waals surface area contributed by atoms with Crippen LogP contribution in [-0.4, -0.2) is 17.7 Å². The summed E-state index contributed by atoms with van der Waals surface area (Å²) in [5, 5.41) is 11.0. The van der Waals surface area contributed by atoms with Crippen LogP contribution in [0.15, 0.2) is 42.5 Å². The van der Waals surface area contributed by atoms with Crippen LogP contribution in [0, 0.1) is 10.1 Å². The van der Waals surface area contributed by atoms with E-state index in [0.717, 1.165) is 0 Å². The maximum absolute atomic E-state index is 11.8. The first-order valence-electron chi connectivity index (χ1n) is 7.20. The van der Waals surface area contributed by atoms with Crippen molar-refractivity contribution in [2.24, 2.45) is 0 Å². The van der Waals surface area contributed by atoms with Gasteiger partial charge in [0.25, 0.3) is 5.69 Å². The van der Waals surface area contributed by atoms with E-state index in [1.165, 1.54) is 30.3 Å². The average Bonchev–Trinajstić information content (AvgIpc) is 3.07. The van der Waals surface area contributed by atoms with E-state index in [2.05, 4.69) is 0 Å². The monoisotopic (exact) mass is 361 g/mol. The minimum absolute atomic E-state index is 0.0169. The van der Waals surface area contributed by atoms with Gasteiger partial charge in [0, 0.05) is 18.2 Å². The van der Waals surface area contributed by atoms with Gasteiger partial charge in [0.05, 0.1) is 9.95 Å². The van der Waals surface area contributed by atoms with Crippen LogP contribution < -0.4 is 9.47 Å². The molecule has 0 spiro atoms. The van der Waals surface area contributed by atoms with Crippen LogP contribution >= 0.6 is 11.6 Å². The molecular formula is C17H12ClNO6. The van der Waals surface area contributed by atoms with E-state index < -0.39 is 10.9 Å². The third-order valence-corrected chi connectivity index (χ3v) is 3.67. The normalized spacial score (nSPS) is 12.4. The molecule has 0 amide bonds. The molecule has 0 fully saturated rings. The summed E-state index contributed by atoms with van der Waals surface area (Å²) >= 11 is 6.06. The summed E-state index contributed by atoms with van der Waals surface area (Å²) in [6.07, 6.45) is 2.81. The number of hydrogen-bond acceptors (Lipinski definition) is 6. The molecule has 1 aliphatic rings. The van der Waals surface area contributed by atoms with Gasteiger partial charge in [-0.25, -0.2) is 4.79 Å². The maximum Gasteiger partial charge on any atom is 0.331 e. The molecule has 7 nitrogen and oxygen atoms in total. The number of esters is 1. The van der Waals surface area contributed by atoms with E-state index in [1.807, 2.05) is 0 Å². The lowest BCUT2D eigenvalue weighted by Crippen LogP contribution is -2.00. The van der Waals surface area contributed by atoms with Crippen molar-refractivity contribution in [2.45, 2.75) is 6.61 Å². The second-order valence-corrected chi connectivity index (χ2v) is 5.51. The fourth-order valence-corrected chi connectivity index (χ4v) is 2.44. The molecule has 0 aromatic heterocycles. The first-order valence-corrected chi connectivity index (χ1v) is 7.58. The Kier molecular flexibility index (Phi) is 4.85. The Bertz CT molecular complexity index is 847. The second-order valence-electron chi connectivity index (χ2n) is 5.10. The lowest BCUT2D eigenvalue weighted by molar-refractivity contribution is -0.384. The smallest absolute Gasteiger partial charge is 0.331 e. The molecule has 3 rings (SSSR count). The largest absolute Gasteiger partial charge is 0.458 e. The molecule has 0 unspecified atom stereocenters. The number of carbonyl (C=O) groups is 1. The average molecular weight is 362 g/mol. The van der Waals surface area contributed by atoms with Crippen molar-refractivity contribution in [3.05, 3.63) is 68.7 Å². The zero-order chi connectivity index (χ0) is 17.8. The van der Waals surface area contributed by atoms with Gasteiger partial charge in [0.15, 0.2) is 11.5 Å². The molecule has 2 aromatic carbocycles. The van der Waals surface area contributed by atoms with Gasteiger partial charge >= 0.3 is 5.97 Å². The van der Waals surface area contributed by atoms with Gasteiger partial charge in [-0.15, -0.1) is 0 Å². The standard InChI is InChI=1S/C17H12ClNO6/c18-14-7-12(8-15-17(14)25-10-24-15)3-6-16(20)23-9-11-1-4-13(5-2-11)19(21)22/h1-8H,9-10H2/b6-3+. The third-order valence-electron chi connectivity index (χ3n) is 3.39. The van der Waals surface area contributed by atoms with Crippen LogP contribution in [0.2, 0.25) is 5.02 Å². The van der Waals surface area contributed by atoms with Crippen molar-refractivity contribution in [1.29, 1.82) is 0 Å². The Morgan fingerprint density at radius 1 is 1.28 bits per heavy atom. The molecule has 0 saturated heterocycles. The number of fused-ring (bicyclic) bond motifs is 1. The zero-order valence-electron chi connectivity index (χ0n) is 12.8. The number of carbonyl (C=O) groups excluding carboxylic acids is 1. The first kappa shape index (κ1) is 16.8. The molecule has 0 radical (unpaired) electrons. The van der Waals surface area contributed by atoms with Crippen molar-refractivity contribution >= 4 is 29.3 Å². The molecule has 0 saturated carbocycles. The van der Waals surface area contributed by atoms with E-state index in [1.54, 1.807) is 18.2 Å². The Balaban J connectivity index is 1.58. The summed E-state index contributed by atoms with van der Waals surface area (Å²) in [4.78, 5) is 21.9. The predicted octanol–water partition coefficient (Wildman–Crippen LogP) is 3.73. The summed E-state index contributed by atoms with van der Waals surface area (Å²) in [5.74, 6) is 0.457. The van der Waals surface area contributed by atoms with Gasteiger partial charge in [-0.1, -0.05) is 11.6 Å². The topological polar surface area (TPSA) is 87.9 Å². The van der Waals surface area contributed by atoms with Gasteiger partial charge in [0.1, 0.15) is 6.61 Å². The Morgan fingerprint density at radius 3 is 2.76 bits per heavy atom. The van der Waals surface area contributed by atoms with Gasteiger partial charge in [0.2, 0.25) is 6.79 Å². The van der Waals surface area contributed by atoms with Crippen LogP contribution in [0.5, 0.6) is 11.5 Å². The third kappa shape index (κ3) is 4.07. The Hall–Kier alpha value is -3.06. The quantitative estimate of drug-likeness (QED) is 0.349. The van der Waals surface area contributed by atoms with E-state index in [0.29, 0.717) is 27.6 Å². The first-order chi connectivity index (χ1) is 12.0. The summed E-state index contributed by atoms with van der Waals surface area (Å²) < 4.78 is 15.6. The second kappa shape index (κ2) is 7.23. The highest BCUT2D eigenvalue weighted by molar-refractivity contribution is 6.32. The van der Waals surface area contributed by atoms with Crippen molar-refractivity contribution in [3.63, 3.8) is 0 Å². The van der Waals surface area contributed by atoms with E-state index in [9.17, 15) is 14.9 Å². The number of rotatable bonds is 5. The molecule has 0 bridgehead atoms. The molecule has 0 atom stereocenters. The van der Waals surface area contributed by atoms with Crippen molar-refractivity contribution < 1.29 is 23.9 Å². The highest BCUT2D eigenvalue weighted by Crippen LogP contribution is 2.40. The molecule has 1 aliphatic heterocycles. The Labute approximate surface area is 147 Å². The van der Waals surface area contributed by atoms with Crippen LogP contribution in [0.25, 0.3) is 6.08 Å². The lowest BCUT2D eigenvalue weighted by Gasteiger charge is -2.03. The number of benzene rings is 2. The highest BCUT2D eigenvalue weighted by Gasteiger charge is 2.17. The number of nitrogens with zero attached hydrogens (tertiary/aromatic N) is 1. The van der Waals surface area contributed by atoms with Crippen LogP contribution in [-0.2, 0) is 16.1 Å². The van der Waals surface area contributed by atoms with Crippen molar-refractivity contribution in [3.8, 4) is 11.5 Å². The number of hydrogen-bond donors (Lipinski definition) is 0. The number of non-ortho nitro benzene ring substituents is 1. The number of halogens is 1. The van der Waals surface area contributed by atoms with E-state index in [4.69, 9.17) is 25.8 Å². The van der Waals surface area contributed by atoms with Gasteiger partial charge in [-0.05, 0) is 41.5 Å². The molecule has 2 aromatic rings. The van der Waals surface area contributed by atoms with Gasteiger partial charge in [-0.2, -0.15) is 0 Å². The van der Waals surface area contributed by atoms with Crippen molar-refractivity contribution in [2.75, 3.05) is 6.79 Å². The summed E-state index contributed by atoms with van der Waals surface area (Å²) in [6, 6.07) is 9.13. The molecular weight excluding hydrogens is 350 g/mol. The van der Waals surface area contributed by atoms with E-state index in [-0.39, 0.29) is 19.1 Å². The van der Waals surface area contributed by atoms with E-state index >= 15 is 0 Å². The minimum Gasteiger partial charge on any atom is -0.458 e. The number of ether oxygens (including phenoxy) is 3. The zero-order valence-corrected chi connectivity index (χ0v) is 13.6. The fourth-order valence-electron chi connectivity index (χ4n) is 2.16. The minimum atomic E-state index is -0.549. The summed E-state index contributed by atoms with van der Waals surface area (Å²) in [6.45, 7) is 0.128. The maximum atomic E-state index is 11.8. The van der Waals surface area contributed by atoms with Gasteiger partial charge in [-0.3, -0.25) is 10.1 Å². The molecule has 1 heterocycles.